The van der Waals surface area contributed by atoms with Crippen LogP contribution in [-0.4, -0.2) is 59.8 Å². The van der Waals surface area contributed by atoms with Gasteiger partial charge in [-0.1, -0.05) is 25.8 Å². The van der Waals surface area contributed by atoms with Crippen molar-refractivity contribution < 1.29 is 9.13 Å². The molecule has 6 nitrogen and oxygen atoms in total. The van der Waals surface area contributed by atoms with Crippen LogP contribution >= 0.6 is 11.9 Å². The standard InChI is InChI=1S/C28H46FN5OS/c1-19(2)18-35-24-13-22(12-23(29)14-24)25-8-7-21-16-30-36-26-9-11-33(32-26)10-5-6-20-15-28(3,4)34(17-20)27(21)31-25/h12-14,19-21,25-27,30-32H,5-11,15-18H2,1-4H3/t20-,21?,25?,26?,27?/m0/s1. The summed E-state index contributed by atoms with van der Waals surface area (Å²) >= 11 is 1.86. The number of rotatable bonds is 4. The fraction of sp³-hybridized carbons (Fsp3) is 0.786. The zero-order chi connectivity index (χ0) is 25.3. The highest BCUT2D eigenvalue weighted by molar-refractivity contribution is 7.98. The lowest BCUT2D eigenvalue weighted by Gasteiger charge is -2.47. The number of halogens is 1. The van der Waals surface area contributed by atoms with Crippen molar-refractivity contribution in [2.45, 2.75) is 89.3 Å². The maximum absolute atomic E-state index is 14.6. The van der Waals surface area contributed by atoms with Crippen molar-refractivity contribution in [3.8, 4) is 5.75 Å². The summed E-state index contributed by atoms with van der Waals surface area (Å²) in [5.41, 5.74) is 4.86. The van der Waals surface area contributed by atoms with Crippen LogP contribution < -0.4 is 20.2 Å². The molecule has 0 spiro atoms. The number of ether oxygens (including phenoxy) is 1. The van der Waals surface area contributed by atoms with Crippen LogP contribution in [0.5, 0.6) is 5.75 Å². The summed E-state index contributed by atoms with van der Waals surface area (Å²) in [5.74, 6) is 2.09. The van der Waals surface area contributed by atoms with Gasteiger partial charge in [0.15, 0.2) is 0 Å². The Balaban J connectivity index is 1.35. The first-order valence-corrected chi connectivity index (χ1v) is 15.0. The third kappa shape index (κ3) is 6.38. The van der Waals surface area contributed by atoms with Crippen molar-refractivity contribution in [3.05, 3.63) is 29.6 Å². The molecule has 7 atom stereocenters. The Morgan fingerprint density at radius 3 is 2.83 bits per heavy atom. The van der Waals surface area contributed by atoms with Crippen molar-refractivity contribution >= 4 is 11.9 Å². The molecule has 4 fully saturated rings. The SMILES string of the molecule is CC(C)COc1cc(F)cc(C2CCC3CNSC4CCN(CCC[C@@H]5CN(C3N2)C(C)(C)C5)N4)c1. The largest absolute Gasteiger partial charge is 0.493 e. The average molecular weight is 520 g/mol. The second-order valence-corrected chi connectivity index (χ2v) is 13.6. The number of nitrogens with zero attached hydrogens (tertiary/aromatic N) is 2. The van der Waals surface area contributed by atoms with Crippen molar-refractivity contribution in [2.24, 2.45) is 17.8 Å². The Bertz CT molecular complexity index is 885. The van der Waals surface area contributed by atoms with E-state index in [0.717, 1.165) is 50.5 Å². The Hall–Kier alpha value is -0.900. The molecule has 0 radical (unpaired) electrons. The third-order valence-corrected chi connectivity index (χ3v) is 9.44. The Morgan fingerprint density at radius 2 is 2.00 bits per heavy atom. The Kier molecular flexibility index (Phi) is 8.50. The van der Waals surface area contributed by atoms with Crippen molar-refractivity contribution in [1.82, 2.24) is 25.4 Å². The van der Waals surface area contributed by atoms with E-state index in [4.69, 9.17) is 4.74 Å². The molecule has 1 aromatic carbocycles. The van der Waals surface area contributed by atoms with Crippen molar-refractivity contribution in [3.63, 3.8) is 0 Å². The van der Waals surface area contributed by atoms with E-state index in [-0.39, 0.29) is 23.6 Å². The van der Waals surface area contributed by atoms with Gasteiger partial charge in [0, 0.05) is 49.7 Å². The molecule has 0 amide bonds. The zero-order valence-electron chi connectivity index (χ0n) is 22.6. The Labute approximate surface area is 221 Å². The smallest absolute Gasteiger partial charge is 0.127 e. The molecule has 5 rings (SSSR count). The van der Waals surface area contributed by atoms with Gasteiger partial charge < -0.3 is 4.74 Å². The van der Waals surface area contributed by atoms with Crippen LogP contribution in [0.15, 0.2) is 18.2 Å². The summed E-state index contributed by atoms with van der Waals surface area (Å²) in [7, 11) is 0. The van der Waals surface area contributed by atoms with Crippen LogP contribution in [-0.2, 0) is 0 Å². The normalized spacial score (nSPS) is 36.9. The quantitative estimate of drug-likeness (QED) is 0.490. The van der Waals surface area contributed by atoms with E-state index in [2.05, 4.69) is 59.1 Å². The van der Waals surface area contributed by atoms with Crippen molar-refractivity contribution in [2.75, 3.05) is 32.8 Å². The molecule has 4 bridgehead atoms. The summed E-state index contributed by atoms with van der Waals surface area (Å²) in [6, 6.07) is 5.41. The van der Waals surface area contributed by atoms with Gasteiger partial charge in [-0.25, -0.2) is 14.8 Å². The molecule has 4 heterocycles. The van der Waals surface area contributed by atoms with Gasteiger partial charge in [0.1, 0.15) is 11.6 Å². The summed E-state index contributed by atoms with van der Waals surface area (Å²) in [6.45, 7) is 14.1. The molecule has 4 aliphatic heterocycles. The molecule has 36 heavy (non-hydrogen) atoms. The fourth-order valence-electron chi connectivity index (χ4n) is 6.71. The van der Waals surface area contributed by atoms with Gasteiger partial charge in [-0.05, 0) is 81.9 Å². The number of nitrogens with one attached hydrogen (secondary N) is 3. The summed E-state index contributed by atoms with van der Waals surface area (Å²) in [5, 5.41) is 6.90. The van der Waals surface area contributed by atoms with Gasteiger partial charge >= 0.3 is 0 Å². The van der Waals surface area contributed by atoms with Crippen LogP contribution in [0.25, 0.3) is 0 Å². The minimum Gasteiger partial charge on any atom is -0.493 e. The lowest BCUT2D eigenvalue weighted by Crippen LogP contribution is -2.60. The number of hydrogen-bond donors (Lipinski definition) is 3. The van der Waals surface area contributed by atoms with Gasteiger partial charge in [-0.15, -0.1) is 0 Å². The van der Waals surface area contributed by atoms with Crippen LogP contribution in [0.1, 0.15) is 77.8 Å². The van der Waals surface area contributed by atoms with Gasteiger partial charge in [0.2, 0.25) is 0 Å². The van der Waals surface area contributed by atoms with E-state index in [1.165, 1.54) is 31.7 Å². The molecular weight excluding hydrogens is 473 g/mol. The molecule has 8 heteroatoms. The average Bonchev–Trinajstić information content (AvgIpc) is 3.40. The van der Waals surface area contributed by atoms with Crippen molar-refractivity contribution in [1.29, 1.82) is 0 Å². The molecule has 3 N–H and O–H groups in total. The van der Waals surface area contributed by atoms with Gasteiger partial charge in [-0.2, -0.15) is 0 Å². The first-order chi connectivity index (χ1) is 17.3. The first-order valence-electron chi connectivity index (χ1n) is 14.1. The number of hydrazine groups is 1. The van der Waals surface area contributed by atoms with Crippen LogP contribution in [0.2, 0.25) is 0 Å². The maximum Gasteiger partial charge on any atom is 0.127 e. The van der Waals surface area contributed by atoms with E-state index in [1.54, 1.807) is 6.07 Å². The summed E-state index contributed by atoms with van der Waals surface area (Å²) < 4.78 is 24.3. The third-order valence-electron chi connectivity index (χ3n) is 8.48. The second-order valence-electron chi connectivity index (χ2n) is 12.5. The van der Waals surface area contributed by atoms with Crippen LogP contribution in [0, 0.1) is 23.6 Å². The van der Waals surface area contributed by atoms with Gasteiger partial charge in [0.05, 0.1) is 18.1 Å². The van der Waals surface area contributed by atoms with Crippen LogP contribution in [0.4, 0.5) is 4.39 Å². The number of benzene rings is 1. The zero-order valence-corrected chi connectivity index (χ0v) is 23.4. The maximum atomic E-state index is 14.6. The molecule has 0 saturated carbocycles. The van der Waals surface area contributed by atoms with Gasteiger partial charge in [0.25, 0.3) is 0 Å². The van der Waals surface area contributed by atoms with E-state index in [1.807, 2.05) is 11.9 Å². The van der Waals surface area contributed by atoms with Crippen LogP contribution in [0.3, 0.4) is 0 Å². The number of piperidine rings is 1. The van der Waals surface area contributed by atoms with E-state index in [0.29, 0.717) is 29.6 Å². The predicted octanol–water partition coefficient (Wildman–Crippen LogP) is 4.90. The second kappa shape index (κ2) is 11.5. The van der Waals surface area contributed by atoms with Gasteiger partial charge in [-0.3, -0.25) is 14.9 Å². The van der Waals surface area contributed by atoms with E-state index in [9.17, 15) is 4.39 Å². The van der Waals surface area contributed by atoms with E-state index >= 15 is 0 Å². The molecule has 4 aliphatic rings. The highest BCUT2D eigenvalue weighted by Gasteiger charge is 2.46. The Morgan fingerprint density at radius 1 is 1.14 bits per heavy atom. The molecule has 4 saturated heterocycles. The first kappa shape index (κ1) is 26.7. The fourth-order valence-corrected chi connectivity index (χ4v) is 7.64. The predicted molar refractivity (Wildman–Crippen MR) is 146 cm³/mol. The molecule has 6 unspecified atom stereocenters. The van der Waals surface area contributed by atoms with E-state index < -0.39 is 0 Å². The molecule has 1 aromatic rings. The molecular formula is C28H46FN5OS. The molecule has 202 valence electrons. The summed E-state index contributed by atoms with van der Waals surface area (Å²) in [6.07, 6.45) is 7.37. The number of hydrogen-bond acceptors (Lipinski definition) is 7. The minimum atomic E-state index is -0.209. The lowest BCUT2D eigenvalue weighted by atomic mass is 9.86. The monoisotopic (exact) mass is 519 g/mol. The molecule has 0 aromatic heterocycles. The minimum absolute atomic E-state index is 0.134. The lowest BCUT2D eigenvalue weighted by molar-refractivity contribution is 0.0228. The highest BCUT2D eigenvalue weighted by Crippen LogP contribution is 2.41. The summed E-state index contributed by atoms with van der Waals surface area (Å²) in [4.78, 5) is 2.75. The number of fused-ring (bicyclic) bond motifs is 6. The molecule has 0 aliphatic carbocycles. The highest BCUT2D eigenvalue weighted by atomic mass is 32.2. The topological polar surface area (TPSA) is 51.8 Å².